The Morgan fingerprint density at radius 2 is 2.00 bits per heavy atom. The van der Waals surface area contributed by atoms with Crippen LogP contribution in [0.4, 0.5) is 10.5 Å². The van der Waals surface area contributed by atoms with Crippen molar-refractivity contribution >= 4 is 29.5 Å². The summed E-state index contributed by atoms with van der Waals surface area (Å²) < 4.78 is 15.6. The molecule has 0 unspecified atom stereocenters. The van der Waals surface area contributed by atoms with Crippen molar-refractivity contribution in [3.63, 3.8) is 0 Å². The summed E-state index contributed by atoms with van der Waals surface area (Å²) in [7, 11) is 1.54. The molecule has 28 heavy (non-hydrogen) atoms. The molecular weight excluding hydrogens is 370 g/mol. The minimum atomic E-state index is -1.00. The van der Waals surface area contributed by atoms with Crippen LogP contribution in [0.5, 0.6) is 11.5 Å². The van der Waals surface area contributed by atoms with Crippen molar-refractivity contribution in [3.8, 4) is 11.5 Å². The molecule has 1 saturated heterocycles. The lowest BCUT2D eigenvalue weighted by atomic mass is 10.2. The number of hydrogen-bond donors (Lipinski definition) is 1. The number of rotatable bonds is 7. The molecule has 0 spiro atoms. The second-order valence-corrected chi connectivity index (χ2v) is 6.48. The van der Waals surface area contributed by atoms with E-state index >= 15 is 0 Å². The zero-order valence-electron chi connectivity index (χ0n) is 15.6. The quantitative estimate of drug-likeness (QED) is 0.544. The molecule has 2 heterocycles. The van der Waals surface area contributed by atoms with E-state index in [-0.39, 0.29) is 44.7 Å². The number of nitrogens with zero attached hydrogens (tertiary/aromatic N) is 2. The van der Waals surface area contributed by atoms with Gasteiger partial charge in [0.1, 0.15) is 6.54 Å². The molecule has 2 aliphatic heterocycles. The number of urea groups is 1. The van der Waals surface area contributed by atoms with Gasteiger partial charge in [0.2, 0.25) is 12.7 Å². The maximum absolute atomic E-state index is 12.2. The first-order chi connectivity index (χ1) is 13.3. The molecule has 10 heteroatoms. The fraction of sp³-hybridized carbons (Fsp3) is 0.444. The number of hydrogen-bond acceptors (Lipinski definition) is 7. The summed E-state index contributed by atoms with van der Waals surface area (Å²) >= 11 is 0. The molecule has 0 radical (unpaired) electrons. The van der Waals surface area contributed by atoms with Gasteiger partial charge in [-0.25, -0.2) is 4.79 Å². The minimum Gasteiger partial charge on any atom is -0.454 e. The SMILES string of the molecule is C[C@@H](OC(=O)CCCN1C(=O)CN(C)C1=O)C(=O)Nc1ccc2c(c1)OCO2. The van der Waals surface area contributed by atoms with E-state index < -0.39 is 18.0 Å². The van der Waals surface area contributed by atoms with E-state index in [4.69, 9.17) is 14.2 Å². The number of amides is 4. The predicted octanol–water partition coefficient (Wildman–Crippen LogP) is 0.960. The molecule has 1 aromatic carbocycles. The highest BCUT2D eigenvalue weighted by molar-refractivity contribution is 6.01. The molecule has 150 valence electrons. The third kappa shape index (κ3) is 4.33. The molecule has 1 aromatic rings. The Hall–Kier alpha value is -3.30. The monoisotopic (exact) mass is 391 g/mol. The molecule has 0 aliphatic carbocycles. The van der Waals surface area contributed by atoms with Crippen LogP contribution in [0.1, 0.15) is 19.8 Å². The van der Waals surface area contributed by atoms with Gasteiger partial charge >= 0.3 is 12.0 Å². The average molecular weight is 391 g/mol. The van der Waals surface area contributed by atoms with Gasteiger partial charge < -0.3 is 24.4 Å². The number of fused-ring (bicyclic) bond motifs is 1. The van der Waals surface area contributed by atoms with Crippen LogP contribution in [0.15, 0.2) is 18.2 Å². The van der Waals surface area contributed by atoms with Gasteiger partial charge in [0, 0.05) is 31.8 Å². The maximum Gasteiger partial charge on any atom is 0.326 e. The van der Waals surface area contributed by atoms with Gasteiger partial charge in [-0.2, -0.15) is 0 Å². The lowest BCUT2D eigenvalue weighted by molar-refractivity contribution is -0.153. The number of esters is 1. The van der Waals surface area contributed by atoms with Crippen LogP contribution in [0.2, 0.25) is 0 Å². The Morgan fingerprint density at radius 3 is 2.71 bits per heavy atom. The third-order valence-electron chi connectivity index (χ3n) is 4.31. The molecule has 1 N–H and O–H groups in total. The fourth-order valence-electron chi connectivity index (χ4n) is 2.80. The normalized spacial score (nSPS) is 16.4. The number of anilines is 1. The number of carbonyl (C=O) groups excluding carboxylic acids is 4. The van der Waals surface area contributed by atoms with E-state index in [0.29, 0.717) is 17.2 Å². The van der Waals surface area contributed by atoms with Gasteiger partial charge in [-0.1, -0.05) is 0 Å². The Morgan fingerprint density at radius 1 is 1.25 bits per heavy atom. The number of nitrogens with one attached hydrogen (secondary N) is 1. The molecule has 2 aliphatic rings. The van der Waals surface area contributed by atoms with Gasteiger partial charge in [-0.05, 0) is 25.5 Å². The zero-order chi connectivity index (χ0) is 20.3. The molecule has 0 bridgehead atoms. The van der Waals surface area contributed by atoms with Crippen LogP contribution >= 0.6 is 0 Å². The Kier molecular flexibility index (Phi) is 5.67. The Bertz CT molecular complexity index is 810. The van der Waals surface area contributed by atoms with Crippen LogP contribution in [0, 0.1) is 0 Å². The number of likely N-dealkylation sites (N-methyl/N-ethyl adjacent to an activating group) is 1. The summed E-state index contributed by atoms with van der Waals surface area (Å²) in [5.74, 6) is -0.241. The molecule has 1 atom stereocenters. The summed E-state index contributed by atoms with van der Waals surface area (Å²) in [6.45, 7) is 1.77. The molecule has 0 aromatic heterocycles. The van der Waals surface area contributed by atoms with Crippen molar-refractivity contribution in [2.45, 2.75) is 25.9 Å². The third-order valence-corrected chi connectivity index (χ3v) is 4.31. The van der Waals surface area contributed by atoms with Crippen LogP contribution in [0.3, 0.4) is 0 Å². The van der Waals surface area contributed by atoms with Crippen molar-refractivity contribution in [1.29, 1.82) is 0 Å². The van der Waals surface area contributed by atoms with Crippen molar-refractivity contribution in [3.05, 3.63) is 18.2 Å². The summed E-state index contributed by atoms with van der Waals surface area (Å²) in [5, 5.41) is 2.64. The van der Waals surface area contributed by atoms with Crippen LogP contribution in [0.25, 0.3) is 0 Å². The Balaban J connectivity index is 1.41. The lowest BCUT2D eigenvalue weighted by Crippen LogP contribution is -2.33. The van der Waals surface area contributed by atoms with E-state index in [0.717, 1.165) is 4.90 Å². The molecule has 3 rings (SSSR count). The fourth-order valence-corrected chi connectivity index (χ4v) is 2.80. The molecule has 0 saturated carbocycles. The van der Waals surface area contributed by atoms with Gasteiger partial charge in [0.15, 0.2) is 17.6 Å². The molecule has 10 nitrogen and oxygen atoms in total. The average Bonchev–Trinajstić information content (AvgIpc) is 3.20. The first kappa shape index (κ1) is 19.5. The highest BCUT2D eigenvalue weighted by Crippen LogP contribution is 2.34. The van der Waals surface area contributed by atoms with Crippen LogP contribution < -0.4 is 14.8 Å². The zero-order valence-corrected chi connectivity index (χ0v) is 15.6. The van der Waals surface area contributed by atoms with E-state index in [1.54, 1.807) is 18.2 Å². The standard InChI is InChI=1S/C18H21N3O7/c1-11(17(24)19-12-5-6-13-14(8-12)27-10-26-13)28-16(23)4-3-7-21-15(22)9-20(2)18(21)25/h5-6,8,11H,3-4,7,9-10H2,1-2H3,(H,19,24)/t11-/m1/s1. The van der Waals surface area contributed by atoms with Crippen LogP contribution in [-0.2, 0) is 19.1 Å². The topological polar surface area (TPSA) is 114 Å². The van der Waals surface area contributed by atoms with Crippen LogP contribution in [-0.4, -0.2) is 66.6 Å². The second kappa shape index (κ2) is 8.15. The summed E-state index contributed by atoms with van der Waals surface area (Å²) in [6, 6.07) is 4.57. The molecule has 4 amide bonds. The predicted molar refractivity (Wildman–Crippen MR) is 95.7 cm³/mol. The number of benzene rings is 1. The Labute approximate surface area is 161 Å². The van der Waals surface area contributed by atoms with Crippen molar-refractivity contribution < 1.29 is 33.4 Å². The van der Waals surface area contributed by atoms with Gasteiger partial charge in [-0.3, -0.25) is 19.3 Å². The largest absolute Gasteiger partial charge is 0.454 e. The highest BCUT2D eigenvalue weighted by Gasteiger charge is 2.33. The number of imide groups is 1. The summed E-state index contributed by atoms with van der Waals surface area (Å²) in [5.41, 5.74) is 0.493. The highest BCUT2D eigenvalue weighted by atomic mass is 16.7. The van der Waals surface area contributed by atoms with Crippen molar-refractivity contribution in [2.24, 2.45) is 0 Å². The second-order valence-electron chi connectivity index (χ2n) is 6.48. The summed E-state index contributed by atoms with van der Waals surface area (Å²) in [4.78, 5) is 49.9. The minimum absolute atomic E-state index is 0.0115. The number of ether oxygens (including phenoxy) is 3. The first-order valence-electron chi connectivity index (χ1n) is 8.80. The first-order valence-corrected chi connectivity index (χ1v) is 8.80. The van der Waals surface area contributed by atoms with E-state index in [1.807, 2.05) is 0 Å². The van der Waals surface area contributed by atoms with E-state index in [1.165, 1.54) is 18.9 Å². The van der Waals surface area contributed by atoms with Gasteiger partial charge in [0.25, 0.3) is 5.91 Å². The summed E-state index contributed by atoms with van der Waals surface area (Å²) in [6.07, 6.45) is -0.748. The smallest absolute Gasteiger partial charge is 0.326 e. The maximum atomic E-state index is 12.2. The van der Waals surface area contributed by atoms with Gasteiger partial charge in [0.05, 0.1) is 0 Å². The molecule has 1 fully saturated rings. The van der Waals surface area contributed by atoms with E-state index in [2.05, 4.69) is 5.32 Å². The molecular formula is C18H21N3O7. The van der Waals surface area contributed by atoms with Crippen molar-refractivity contribution in [1.82, 2.24) is 9.80 Å². The lowest BCUT2D eigenvalue weighted by Gasteiger charge is -2.15. The van der Waals surface area contributed by atoms with Gasteiger partial charge in [-0.15, -0.1) is 0 Å². The van der Waals surface area contributed by atoms with Crippen molar-refractivity contribution in [2.75, 3.05) is 32.2 Å². The van der Waals surface area contributed by atoms with E-state index in [9.17, 15) is 19.2 Å². The number of carbonyl (C=O) groups is 4.